The number of hydrogen-bond donors (Lipinski definition) is 2. The molecule has 21 heavy (non-hydrogen) atoms. The molecule has 112 valence electrons. The Morgan fingerprint density at radius 3 is 2.90 bits per heavy atom. The summed E-state index contributed by atoms with van der Waals surface area (Å²) >= 11 is 0. The van der Waals surface area contributed by atoms with Crippen molar-refractivity contribution in [1.82, 2.24) is 10.3 Å². The highest BCUT2D eigenvalue weighted by Crippen LogP contribution is 2.19. The van der Waals surface area contributed by atoms with Crippen LogP contribution in [0.2, 0.25) is 0 Å². The number of carbonyl (C=O) groups is 2. The number of oxazole rings is 1. The van der Waals surface area contributed by atoms with Crippen LogP contribution in [0.25, 0.3) is 11.1 Å². The zero-order valence-electron chi connectivity index (χ0n) is 11.9. The van der Waals surface area contributed by atoms with E-state index in [0.29, 0.717) is 11.5 Å². The van der Waals surface area contributed by atoms with E-state index in [4.69, 9.17) is 9.52 Å². The minimum absolute atomic E-state index is 0.168. The minimum Gasteiger partial charge on any atom is -0.465 e. The lowest BCUT2D eigenvalue weighted by Gasteiger charge is -2.01. The first kappa shape index (κ1) is 15.0. The third-order valence-electron chi connectivity index (χ3n) is 3.08. The van der Waals surface area contributed by atoms with Crippen molar-refractivity contribution in [1.29, 1.82) is 0 Å². The summed E-state index contributed by atoms with van der Waals surface area (Å²) in [5.74, 6) is 0.519. The molecule has 6 heteroatoms. The number of nitrogens with one attached hydrogen (secondary N) is 1. The second kappa shape index (κ2) is 6.88. The molecule has 1 heterocycles. The van der Waals surface area contributed by atoms with Crippen LogP contribution in [0.15, 0.2) is 22.6 Å². The molecule has 2 N–H and O–H groups in total. The van der Waals surface area contributed by atoms with Crippen LogP contribution in [0.3, 0.4) is 0 Å². The van der Waals surface area contributed by atoms with Crippen LogP contribution in [-0.4, -0.2) is 28.5 Å². The number of nitrogens with zero attached hydrogens (tertiary/aromatic N) is 1. The number of amides is 1. The van der Waals surface area contributed by atoms with Crippen LogP contribution >= 0.6 is 0 Å². The minimum atomic E-state index is -1.20. The molecule has 1 aromatic carbocycles. The average molecular weight is 290 g/mol. The lowest BCUT2D eigenvalue weighted by molar-refractivity contribution is -0.117. The summed E-state index contributed by atoms with van der Waals surface area (Å²) in [6.45, 7) is 1.92. The van der Waals surface area contributed by atoms with Crippen LogP contribution in [0, 0.1) is 0 Å². The number of benzene rings is 1. The van der Waals surface area contributed by atoms with Gasteiger partial charge in [0.15, 0.2) is 17.3 Å². The highest BCUT2D eigenvalue weighted by Gasteiger charge is 2.09. The van der Waals surface area contributed by atoms with Gasteiger partial charge in [0.1, 0.15) is 5.52 Å². The quantitative estimate of drug-likeness (QED) is 0.817. The molecule has 1 amide bonds. The predicted molar refractivity (Wildman–Crippen MR) is 77.4 cm³/mol. The Balaban J connectivity index is 2.04. The molecule has 0 aliphatic rings. The molecule has 0 fully saturated rings. The van der Waals surface area contributed by atoms with E-state index in [0.717, 1.165) is 30.3 Å². The van der Waals surface area contributed by atoms with Gasteiger partial charge in [0.25, 0.3) is 0 Å². The highest BCUT2D eigenvalue weighted by molar-refractivity contribution is 5.86. The molecular formula is C15H18N2O4. The van der Waals surface area contributed by atoms with Gasteiger partial charge in [-0.25, -0.2) is 9.78 Å². The lowest BCUT2D eigenvalue weighted by Crippen LogP contribution is -2.28. The first-order valence-electron chi connectivity index (χ1n) is 6.95. The number of hydrogen-bond acceptors (Lipinski definition) is 4. The van der Waals surface area contributed by atoms with Crippen molar-refractivity contribution in [3.05, 3.63) is 29.7 Å². The number of Topliss-reactive ketones (excluding diaryl/α,β-unsaturated/α-hetero) is 1. The first-order chi connectivity index (χ1) is 10.1. The standard InChI is InChI=1S/C15H18N2O4/c1-2-3-4-14-17-12-6-5-10(8-13(12)21-14)7-11(18)9-16-15(19)20/h5-6,8,16H,2-4,7,9H2,1H3,(H,19,20). The number of rotatable bonds is 7. The molecule has 2 rings (SSSR count). The van der Waals surface area contributed by atoms with Crippen LogP contribution in [0.4, 0.5) is 4.79 Å². The summed E-state index contributed by atoms with van der Waals surface area (Å²) in [6.07, 6.45) is 1.88. The number of fused-ring (bicyclic) bond motifs is 1. The van der Waals surface area contributed by atoms with Crippen LogP contribution in [0.5, 0.6) is 0 Å². The number of carbonyl (C=O) groups excluding carboxylic acids is 1. The SMILES string of the molecule is CCCCc1nc2ccc(CC(=O)CNC(=O)O)cc2o1. The fourth-order valence-electron chi connectivity index (χ4n) is 2.03. The molecule has 0 saturated carbocycles. The summed E-state index contributed by atoms with van der Waals surface area (Å²) in [5.41, 5.74) is 2.23. The smallest absolute Gasteiger partial charge is 0.405 e. The molecule has 6 nitrogen and oxygen atoms in total. The third-order valence-corrected chi connectivity index (χ3v) is 3.08. The molecule has 0 spiro atoms. The third kappa shape index (κ3) is 4.30. The van der Waals surface area contributed by atoms with Gasteiger partial charge >= 0.3 is 6.09 Å². The summed E-state index contributed by atoms with van der Waals surface area (Å²) in [4.78, 5) is 26.3. The van der Waals surface area contributed by atoms with E-state index in [-0.39, 0.29) is 18.7 Å². The van der Waals surface area contributed by atoms with Crippen molar-refractivity contribution >= 4 is 23.0 Å². The molecule has 0 aliphatic heterocycles. The van der Waals surface area contributed by atoms with Gasteiger partial charge in [-0.2, -0.15) is 0 Å². The van der Waals surface area contributed by atoms with Crippen LogP contribution in [-0.2, 0) is 17.6 Å². The maximum atomic E-state index is 11.6. The van der Waals surface area contributed by atoms with Crippen LogP contribution in [0.1, 0.15) is 31.2 Å². The van der Waals surface area contributed by atoms with E-state index >= 15 is 0 Å². The maximum absolute atomic E-state index is 11.6. The molecule has 1 aromatic heterocycles. The van der Waals surface area contributed by atoms with Crippen molar-refractivity contribution in [2.24, 2.45) is 0 Å². The zero-order valence-corrected chi connectivity index (χ0v) is 11.9. The Bertz CT molecular complexity index is 648. The summed E-state index contributed by atoms with van der Waals surface area (Å²) in [5, 5.41) is 10.5. The van der Waals surface area contributed by atoms with E-state index in [9.17, 15) is 9.59 Å². The average Bonchev–Trinajstić information content (AvgIpc) is 2.85. The Hall–Kier alpha value is -2.37. The molecule has 0 atom stereocenters. The van der Waals surface area contributed by atoms with Gasteiger partial charge in [0, 0.05) is 12.8 Å². The number of ketones is 1. The van der Waals surface area contributed by atoms with E-state index in [2.05, 4.69) is 17.2 Å². The van der Waals surface area contributed by atoms with Gasteiger partial charge in [-0.05, 0) is 24.1 Å². The largest absolute Gasteiger partial charge is 0.465 e. The molecular weight excluding hydrogens is 272 g/mol. The molecule has 0 saturated heterocycles. The Morgan fingerprint density at radius 1 is 1.38 bits per heavy atom. The van der Waals surface area contributed by atoms with Crippen LogP contribution < -0.4 is 5.32 Å². The van der Waals surface area contributed by atoms with E-state index in [1.54, 1.807) is 6.07 Å². The van der Waals surface area contributed by atoms with Gasteiger partial charge in [-0.1, -0.05) is 19.4 Å². The summed E-state index contributed by atoms with van der Waals surface area (Å²) < 4.78 is 5.66. The normalized spacial score (nSPS) is 10.7. The van der Waals surface area contributed by atoms with E-state index in [1.807, 2.05) is 12.1 Å². The molecule has 0 bridgehead atoms. The topological polar surface area (TPSA) is 92.4 Å². The monoisotopic (exact) mass is 290 g/mol. The van der Waals surface area contributed by atoms with Crippen molar-refractivity contribution < 1.29 is 19.1 Å². The second-order valence-corrected chi connectivity index (χ2v) is 4.89. The summed E-state index contributed by atoms with van der Waals surface area (Å²) in [6, 6.07) is 5.42. The molecule has 2 aromatic rings. The van der Waals surface area contributed by atoms with E-state index in [1.165, 1.54) is 0 Å². The van der Waals surface area contributed by atoms with Gasteiger partial charge < -0.3 is 14.8 Å². The molecule has 0 unspecified atom stereocenters. The van der Waals surface area contributed by atoms with Gasteiger partial charge in [-0.3, -0.25) is 4.79 Å². The maximum Gasteiger partial charge on any atom is 0.405 e. The Morgan fingerprint density at radius 2 is 2.19 bits per heavy atom. The van der Waals surface area contributed by atoms with Gasteiger partial charge in [0.2, 0.25) is 0 Å². The highest BCUT2D eigenvalue weighted by atomic mass is 16.4. The predicted octanol–water partition coefficient (Wildman–Crippen LogP) is 2.55. The van der Waals surface area contributed by atoms with Crippen molar-refractivity contribution in [3.63, 3.8) is 0 Å². The Kier molecular flexibility index (Phi) is 4.92. The first-order valence-corrected chi connectivity index (χ1v) is 6.95. The molecule has 0 aliphatic carbocycles. The van der Waals surface area contributed by atoms with Crippen molar-refractivity contribution in [3.8, 4) is 0 Å². The zero-order chi connectivity index (χ0) is 15.2. The van der Waals surface area contributed by atoms with Crippen molar-refractivity contribution in [2.75, 3.05) is 6.54 Å². The fraction of sp³-hybridized carbons (Fsp3) is 0.400. The lowest BCUT2D eigenvalue weighted by atomic mass is 10.1. The number of aromatic nitrogens is 1. The number of unbranched alkanes of at least 4 members (excludes halogenated alkanes) is 1. The number of aryl methyl sites for hydroxylation is 1. The Labute approximate surface area is 122 Å². The van der Waals surface area contributed by atoms with E-state index < -0.39 is 6.09 Å². The summed E-state index contributed by atoms with van der Waals surface area (Å²) in [7, 11) is 0. The fourth-order valence-corrected chi connectivity index (χ4v) is 2.03. The second-order valence-electron chi connectivity index (χ2n) is 4.89. The van der Waals surface area contributed by atoms with Gasteiger partial charge in [-0.15, -0.1) is 0 Å². The van der Waals surface area contributed by atoms with Crippen molar-refractivity contribution in [2.45, 2.75) is 32.6 Å². The number of carboxylic acid groups (broad SMARTS) is 1. The van der Waals surface area contributed by atoms with Gasteiger partial charge in [0.05, 0.1) is 6.54 Å². The molecule has 0 radical (unpaired) electrons.